The van der Waals surface area contributed by atoms with E-state index in [2.05, 4.69) is 25.5 Å². The van der Waals surface area contributed by atoms with Crippen molar-refractivity contribution >= 4 is 10.0 Å². The highest BCUT2D eigenvalue weighted by molar-refractivity contribution is 7.89. The highest BCUT2D eigenvalue weighted by atomic mass is 32.2. The van der Waals surface area contributed by atoms with Gasteiger partial charge in [0.2, 0.25) is 10.0 Å². The highest BCUT2D eigenvalue weighted by Crippen LogP contribution is 2.24. The molecule has 2 aromatic rings. The summed E-state index contributed by atoms with van der Waals surface area (Å²) < 4.78 is 27.3. The van der Waals surface area contributed by atoms with Crippen LogP contribution in [0, 0.1) is 5.92 Å². The third-order valence-electron chi connectivity index (χ3n) is 4.26. The van der Waals surface area contributed by atoms with E-state index in [1.165, 1.54) is 5.56 Å². The van der Waals surface area contributed by atoms with Crippen LogP contribution in [0.3, 0.4) is 0 Å². The van der Waals surface area contributed by atoms with Gasteiger partial charge >= 0.3 is 0 Å². The summed E-state index contributed by atoms with van der Waals surface area (Å²) >= 11 is 0. The van der Waals surface area contributed by atoms with Gasteiger partial charge < -0.3 is 0 Å². The van der Waals surface area contributed by atoms with Crippen LogP contribution in [0.15, 0.2) is 59.5 Å². The maximum Gasteiger partial charge on any atom is 0.240 e. The SMILES string of the molecule is CC(C)C(C)c1ccc(S(=O)(=O)NCCc2ccccc2)cc1. The van der Waals surface area contributed by atoms with Gasteiger partial charge in [-0.2, -0.15) is 0 Å². The minimum Gasteiger partial charge on any atom is -0.211 e. The van der Waals surface area contributed by atoms with E-state index in [1.54, 1.807) is 12.1 Å². The van der Waals surface area contributed by atoms with Gasteiger partial charge in [-0.15, -0.1) is 0 Å². The van der Waals surface area contributed by atoms with E-state index >= 15 is 0 Å². The van der Waals surface area contributed by atoms with Gasteiger partial charge in [-0.1, -0.05) is 63.2 Å². The number of nitrogens with one attached hydrogen (secondary N) is 1. The van der Waals surface area contributed by atoms with Crippen molar-refractivity contribution in [3.05, 3.63) is 65.7 Å². The van der Waals surface area contributed by atoms with Crippen molar-refractivity contribution in [2.45, 2.75) is 38.0 Å². The molecule has 1 atom stereocenters. The number of benzene rings is 2. The van der Waals surface area contributed by atoms with E-state index in [-0.39, 0.29) is 0 Å². The summed E-state index contributed by atoms with van der Waals surface area (Å²) in [6.45, 7) is 6.89. The molecule has 0 aliphatic carbocycles. The molecular formula is C19H25NO2S. The lowest BCUT2D eigenvalue weighted by Gasteiger charge is -2.16. The van der Waals surface area contributed by atoms with Crippen LogP contribution in [-0.2, 0) is 16.4 Å². The van der Waals surface area contributed by atoms with Crippen molar-refractivity contribution in [1.82, 2.24) is 4.72 Å². The number of hydrogen-bond donors (Lipinski definition) is 1. The standard InChI is InChI=1S/C19H25NO2S/c1-15(2)16(3)18-9-11-19(12-10-18)23(21,22)20-14-13-17-7-5-4-6-8-17/h4-12,15-16,20H,13-14H2,1-3H3. The lowest BCUT2D eigenvalue weighted by Crippen LogP contribution is -2.26. The third-order valence-corrected chi connectivity index (χ3v) is 5.74. The molecule has 1 unspecified atom stereocenters. The van der Waals surface area contributed by atoms with E-state index in [4.69, 9.17) is 0 Å². The Kier molecular flexibility index (Phi) is 5.97. The van der Waals surface area contributed by atoms with Crippen LogP contribution in [0.1, 0.15) is 37.8 Å². The van der Waals surface area contributed by atoms with E-state index in [1.807, 2.05) is 42.5 Å². The fourth-order valence-corrected chi connectivity index (χ4v) is 3.43. The molecule has 0 aliphatic heterocycles. The molecule has 3 nitrogen and oxygen atoms in total. The lowest BCUT2D eigenvalue weighted by atomic mass is 9.90. The summed E-state index contributed by atoms with van der Waals surface area (Å²) in [5.74, 6) is 0.944. The Bertz CT molecular complexity index is 707. The molecule has 0 aromatic heterocycles. The van der Waals surface area contributed by atoms with E-state index < -0.39 is 10.0 Å². The summed E-state index contributed by atoms with van der Waals surface area (Å²) in [6, 6.07) is 17.1. The van der Waals surface area contributed by atoms with Crippen LogP contribution in [0.4, 0.5) is 0 Å². The largest absolute Gasteiger partial charge is 0.240 e. The molecule has 124 valence electrons. The molecule has 0 amide bonds. The molecule has 0 fully saturated rings. The van der Waals surface area contributed by atoms with Crippen molar-refractivity contribution in [3.63, 3.8) is 0 Å². The van der Waals surface area contributed by atoms with Crippen LogP contribution >= 0.6 is 0 Å². The first kappa shape index (κ1) is 17.7. The zero-order valence-corrected chi connectivity index (χ0v) is 14.8. The fourth-order valence-electron chi connectivity index (χ4n) is 2.39. The van der Waals surface area contributed by atoms with E-state index in [0.29, 0.717) is 29.7 Å². The average molecular weight is 331 g/mol. The van der Waals surface area contributed by atoms with Crippen LogP contribution in [0.2, 0.25) is 0 Å². The van der Waals surface area contributed by atoms with Crippen molar-refractivity contribution in [1.29, 1.82) is 0 Å². The second kappa shape index (κ2) is 7.75. The topological polar surface area (TPSA) is 46.2 Å². The smallest absolute Gasteiger partial charge is 0.211 e. The number of rotatable bonds is 7. The average Bonchev–Trinajstić information content (AvgIpc) is 2.55. The minimum absolute atomic E-state index is 0.324. The van der Waals surface area contributed by atoms with Crippen LogP contribution in [0.25, 0.3) is 0 Å². The third kappa shape index (κ3) is 4.91. The van der Waals surface area contributed by atoms with Gasteiger partial charge in [0.1, 0.15) is 0 Å². The zero-order chi connectivity index (χ0) is 16.9. The molecule has 23 heavy (non-hydrogen) atoms. The second-order valence-electron chi connectivity index (χ2n) is 6.24. The Labute approximate surface area is 139 Å². The lowest BCUT2D eigenvalue weighted by molar-refractivity contribution is 0.534. The Morgan fingerprint density at radius 1 is 0.913 bits per heavy atom. The molecule has 1 N–H and O–H groups in total. The monoisotopic (exact) mass is 331 g/mol. The summed E-state index contributed by atoms with van der Waals surface area (Å²) in [5.41, 5.74) is 2.29. The van der Waals surface area contributed by atoms with Crippen molar-refractivity contribution in [2.24, 2.45) is 5.92 Å². The Morgan fingerprint density at radius 3 is 2.09 bits per heavy atom. The van der Waals surface area contributed by atoms with Crippen molar-refractivity contribution < 1.29 is 8.42 Å². The zero-order valence-electron chi connectivity index (χ0n) is 14.0. The summed E-state index contributed by atoms with van der Waals surface area (Å²) in [4.78, 5) is 0.324. The minimum atomic E-state index is -3.44. The van der Waals surface area contributed by atoms with Crippen LogP contribution in [-0.4, -0.2) is 15.0 Å². The van der Waals surface area contributed by atoms with Crippen LogP contribution < -0.4 is 4.72 Å². The van der Waals surface area contributed by atoms with E-state index in [0.717, 1.165) is 5.56 Å². The Hall–Kier alpha value is -1.65. The maximum absolute atomic E-state index is 12.3. The summed E-state index contributed by atoms with van der Waals surface area (Å²) in [5, 5.41) is 0. The molecule has 0 saturated heterocycles. The molecule has 0 aliphatic rings. The Morgan fingerprint density at radius 2 is 1.52 bits per heavy atom. The molecule has 4 heteroatoms. The molecule has 2 aromatic carbocycles. The molecular weight excluding hydrogens is 306 g/mol. The summed E-state index contributed by atoms with van der Waals surface area (Å²) in [7, 11) is -3.44. The predicted molar refractivity (Wildman–Crippen MR) is 95.0 cm³/mol. The quantitative estimate of drug-likeness (QED) is 0.834. The molecule has 0 radical (unpaired) electrons. The van der Waals surface area contributed by atoms with Gasteiger partial charge in [-0.05, 0) is 41.5 Å². The highest BCUT2D eigenvalue weighted by Gasteiger charge is 2.15. The Balaban J connectivity index is 1.99. The van der Waals surface area contributed by atoms with Crippen molar-refractivity contribution in [3.8, 4) is 0 Å². The molecule has 0 saturated carbocycles. The first-order chi connectivity index (χ1) is 10.9. The second-order valence-corrected chi connectivity index (χ2v) is 8.00. The molecule has 0 bridgehead atoms. The molecule has 2 rings (SSSR count). The molecule has 0 spiro atoms. The van der Waals surface area contributed by atoms with Gasteiger partial charge in [0.05, 0.1) is 4.90 Å². The van der Waals surface area contributed by atoms with Gasteiger partial charge in [-0.3, -0.25) is 0 Å². The first-order valence-corrected chi connectivity index (χ1v) is 9.52. The van der Waals surface area contributed by atoms with E-state index in [9.17, 15) is 8.42 Å². The van der Waals surface area contributed by atoms with Crippen molar-refractivity contribution in [2.75, 3.05) is 6.54 Å². The van der Waals surface area contributed by atoms with Gasteiger partial charge in [-0.25, -0.2) is 13.1 Å². The first-order valence-electron chi connectivity index (χ1n) is 8.03. The maximum atomic E-state index is 12.3. The molecule has 0 heterocycles. The van der Waals surface area contributed by atoms with Gasteiger partial charge in [0, 0.05) is 6.54 Å². The number of sulfonamides is 1. The van der Waals surface area contributed by atoms with Gasteiger partial charge in [0.15, 0.2) is 0 Å². The summed E-state index contributed by atoms with van der Waals surface area (Å²) in [6.07, 6.45) is 0.683. The van der Waals surface area contributed by atoms with Crippen LogP contribution in [0.5, 0.6) is 0 Å². The normalized spacial score (nSPS) is 13.2. The van der Waals surface area contributed by atoms with Gasteiger partial charge in [0.25, 0.3) is 0 Å². The predicted octanol–water partition coefficient (Wildman–Crippen LogP) is 3.97. The number of hydrogen-bond acceptors (Lipinski definition) is 2. The fraction of sp³-hybridized carbons (Fsp3) is 0.368.